The minimum Gasteiger partial charge on any atom is -0.338 e. The molecular weight excluding hydrogens is 422 g/mol. The molecule has 0 unspecified atom stereocenters. The van der Waals surface area contributed by atoms with Gasteiger partial charge in [-0.05, 0) is 43.7 Å². The summed E-state index contributed by atoms with van der Waals surface area (Å²) in [5, 5.41) is 3.18. The number of amides is 1. The van der Waals surface area contributed by atoms with Gasteiger partial charge in [-0.1, -0.05) is 59.6 Å². The quantitative estimate of drug-likeness (QED) is 0.444. The van der Waals surface area contributed by atoms with E-state index >= 15 is 0 Å². The van der Waals surface area contributed by atoms with E-state index in [1.807, 2.05) is 48.7 Å². The van der Waals surface area contributed by atoms with Crippen molar-refractivity contribution in [2.24, 2.45) is 0 Å². The molecule has 0 aliphatic rings. The number of nitrogens with one attached hydrogen (secondary N) is 1. The molecule has 0 aliphatic heterocycles. The average Bonchev–Trinajstić information content (AvgIpc) is 2.78. The second kappa shape index (κ2) is 9.20. The molecule has 1 amide bonds. The fourth-order valence-electron chi connectivity index (χ4n) is 3.58. The van der Waals surface area contributed by atoms with Gasteiger partial charge in [0, 0.05) is 24.5 Å². The summed E-state index contributed by atoms with van der Waals surface area (Å²) in [5.41, 5.74) is 4.08. The first-order valence-corrected chi connectivity index (χ1v) is 10.6. The Bertz CT molecular complexity index is 1330. The van der Waals surface area contributed by atoms with Crippen molar-refractivity contribution in [2.75, 3.05) is 5.32 Å². The van der Waals surface area contributed by atoms with Crippen LogP contribution in [0.25, 0.3) is 11.4 Å². The van der Waals surface area contributed by atoms with Crippen LogP contribution in [0, 0.1) is 13.8 Å². The molecule has 4 rings (SSSR count). The summed E-state index contributed by atoms with van der Waals surface area (Å²) in [4.78, 5) is 30.8. The monoisotopic (exact) mass is 443 g/mol. The van der Waals surface area contributed by atoms with Gasteiger partial charge in [-0.3, -0.25) is 14.6 Å². The molecule has 0 spiro atoms. The third-order valence-corrected chi connectivity index (χ3v) is 5.57. The Morgan fingerprint density at radius 1 is 1.00 bits per heavy atom. The highest BCUT2D eigenvalue weighted by molar-refractivity contribution is 6.34. The number of hydrogen-bond acceptors (Lipinski definition) is 3. The molecule has 0 aliphatic carbocycles. The maximum Gasteiger partial charge on any atom is 0.261 e. The van der Waals surface area contributed by atoms with E-state index in [-0.39, 0.29) is 11.0 Å². The summed E-state index contributed by atoms with van der Waals surface area (Å²) >= 11 is 6.22. The molecule has 2 aromatic heterocycles. The molecule has 6 heteroatoms. The molecule has 5 nitrogen and oxygen atoms in total. The fourth-order valence-corrected chi connectivity index (χ4v) is 3.77. The predicted molar refractivity (Wildman–Crippen MR) is 128 cm³/mol. The summed E-state index contributed by atoms with van der Waals surface area (Å²) < 4.78 is 1.95. The minimum absolute atomic E-state index is 0.0290. The van der Waals surface area contributed by atoms with Gasteiger partial charge in [0.2, 0.25) is 0 Å². The Balaban J connectivity index is 1.89. The Morgan fingerprint density at radius 2 is 1.72 bits per heavy atom. The molecule has 0 bridgehead atoms. The first-order valence-electron chi connectivity index (χ1n) is 10.2. The number of para-hydroxylation sites is 1. The second-order valence-corrected chi connectivity index (χ2v) is 8.00. The summed E-state index contributed by atoms with van der Waals surface area (Å²) in [7, 11) is 0. The van der Waals surface area contributed by atoms with E-state index in [9.17, 15) is 9.59 Å². The van der Waals surface area contributed by atoms with Gasteiger partial charge < -0.3 is 9.88 Å². The van der Waals surface area contributed by atoms with Gasteiger partial charge in [-0.15, -0.1) is 0 Å². The highest BCUT2D eigenvalue weighted by atomic mass is 35.5. The van der Waals surface area contributed by atoms with E-state index in [2.05, 4.69) is 10.3 Å². The molecule has 1 N–H and O–H groups in total. The van der Waals surface area contributed by atoms with Gasteiger partial charge in [0.05, 0.1) is 22.1 Å². The van der Waals surface area contributed by atoms with Crippen molar-refractivity contribution in [2.45, 2.75) is 20.4 Å². The minimum atomic E-state index is -0.526. The number of rotatable bonds is 5. The van der Waals surface area contributed by atoms with Crippen molar-refractivity contribution in [3.63, 3.8) is 0 Å². The number of halogens is 1. The number of hydrogen-bond donors (Lipinski definition) is 1. The predicted octanol–water partition coefficient (Wildman–Crippen LogP) is 5.48. The SMILES string of the molecule is Cc1ccc(Cn2c(C)cc(=O)c(C(=O)Nc3ccccc3Cl)c2-c2ccccn2)cc1. The number of aromatic nitrogens is 2. The van der Waals surface area contributed by atoms with Crippen LogP contribution >= 0.6 is 11.6 Å². The molecule has 0 radical (unpaired) electrons. The Morgan fingerprint density at radius 3 is 2.41 bits per heavy atom. The van der Waals surface area contributed by atoms with Crippen LogP contribution in [0.4, 0.5) is 5.69 Å². The number of benzene rings is 2. The lowest BCUT2D eigenvalue weighted by Gasteiger charge is -2.20. The first kappa shape index (κ1) is 21.5. The molecule has 0 fully saturated rings. The zero-order valence-electron chi connectivity index (χ0n) is 17.8. The summed E-state index contributed by atoms with van der Waals surface area (Å²) in [5.74, 6) is -0.526. The number of carbonyl (C=O) groups excluding carboxylic acids is 1. The van der Waals surface area contributed by atoms with E-state index in [4.69, 9.17) is 11.6 Å². The highest BCUT2D eigenvalue weighted by Crippen LogP contribution is 2.26. The molecule has 2 aromatic carbocycles. The number of pyridine rings is 2. The number of nitrogens with zero attached hydrogens (tertiary/aromatic N) is 2. The molecule has 0 saturated heterocycles. The van der Waals surface area contributed by atoms with Crippen LogP contribution in [0.5, 0.6) is 0 Å². The lowest BCUT2D eigenvalue weighted by atomic mass is 10.1. The average molecular weight is 444 g/mol. The third-order valence-electron chi connectivity index (χ3n) is 5.24. The van der Waals surface area contributed by atoms with Crippen LogP contribution in [0.1, 0.15) is 27.2 Å². The molecule has 0 saturated carbocycles. The van der Waals surface area contributed by atoms with Gasteiger partial charge in [0.1, 0.15) is 5.56 Å². The standard InChI is InChI=1S/C26H22ClN3O2/c1-17-10-12-19(13-11-17)16-30-18(2)15-23(31)24(25(30)22-9-5-6-14-28-22)26(32)29-21-8-4-3-7-20(21)27/h3-15H,16H2,1-2H3,(H,29,32). The van der Waals surface area contributed by atoms with E-state index in [1.165, 1.54) is 6.07 Å². The van der Waals surface area contributed by atoms with Crippen LogP contribution in [0.3, 0.4) is 0 Å². The number of aryl methyl sites for hydroxylation is 2. The smallest absolute Gasteiger partial charge is 0.261 e. The van der Waals surface area contributed by atoms with E-state index < -0.39 is 5.91 Å². The van der Waals surface area contributed by atoms with Gasteiger partial charge in [-0.2, -0.15) is 0 Å². The van der Waals surface area contributed by atoms with Gasteiger partial charge in [0.25, 0.3) is 5.91 Å². The van der Waals surface area contributed by atoms with Crippen molar-refractivity contribution in [3.05, 3.63) is 117 Å². The third kappa shape index (κ3) is 4.48. The van der Waals surface area contributed by atoms with Crippen LogP contribution in [-0.2, 0) is 6.54 Å². The van der Waals surface area contributed by atoms with Crippen molar-refractivity contribution >= 4 is 23.2 Å². The van der Waals surface area contributed by atoms with Crippen molar-refractivity contribution in [1.29, 1.82) is 0 Å². The molecule has 0 atom stereocenters. The zero-order valence-corrected chi connectivity index (χ0v) is 18.6. The lowest BCUT2D eigenvalue weighted by molar-refractivity contribution is 0.102. The van der Waals surface area contributed by atoms with Crippen molar-refractivity contribution < 1.29 is 4.79 Å². The normalized spacial score (nSPS) is 10.7. The molecule has 2 heterocycles. The Kier molecular flexibility index (Phi) is 6.19. The van der Waals surface area contributed by atoms with Crippen molar-refractivity contribution in [1.82, 2.24) is 9.55 Å². The summed E-state index contributed by atoms with van der Waals surface area (Å²) in [6.07, 6.45) is 1.65. The fraction of sp³-hybridized carbons (Fsp3) is 0.115. The Labute approximate surface area is 191 Å². The topological polar surface area (TPSA) is 64.0 Å². The molecular formula is C26H22ClN3O2. The molecule has 32 heavy (non-hydrogen) atoms. The maximum absolute atomic E-state index is 13.3. The van der Waals surface area contributed by atoms with Crippen LogP contribution in [0.15, 0.2) is 83.8 Å². The number of anilines is 1. The second-order valence-electron chi connectivity index (χ2n) is 7.59. The molecule has 4 aromatic rings. The van der Waals surface area contributed by atoms with E-state index in [0.717, 1.165) is 16.8 Å². The number of carbonyl (C=O) groups is 1. The van der Waals surface area contributed by atoms with Crippen LogP contribution in [0.2, 0.25) is 5.02 Å². The van der Waals surface area contributed by atoms with Gasteiger partial charge >= 0.3 is 0 Å². The van der Waals surface area contributed by atoms with E-state index in [1.54, 1.807) is 42.6 Å². The molecule has 160 valence electrons. The van der Waals surface area contributed by atoms with E-state index in [0.29, 0.717) is 28.6 Å². The highest BCUT2D eigenvalue weighted by Gasteiger charge is 2.23. The lowest BCUT2D eigenvalue weighted by Crippen LogP contribution is -2.27. The first-order chi connectivity index (χ1) is 15.4. The van der Waals surface area contributed by atoms with Crippen molar-refractivity contribution in [3.8, 4) is 11.4 Å². The van der Waals surface area contributed by atoms with Crippen LogP contribution < -0.4 is 10.7 Å². The zero-order chi connectivity index (χ0) is 22.7. The summed E-state index contributed by atoms with van der Waals surface area (Å²) in [6.45, 7) is 4.38. The van der Waals surface area contributed by atoms with Gasteiger partial charge in [-0.25, -0.2) is 0 Å². The summed E-state index contributed by atoms with van der Waals surface area (Å²) in [6, 6.07) is 22.0. The van der Waals surface area contributed by atoms with Crippen LogP contribution in [-0.4, -0.2) is 15.5 Å². The maximum atomic E-state index is 13.3. The van der Waals surface area contributed by atoms with Gasteiger partial charge in [0.15, 0.2) is 5.43 Å². The Hall–Kier alpha value is -3.70. The largest absolute Gasteiger partial charge is 0.338 e.